The van der Waals surface area contributed by atoms with Crippen molar-refractivity contribution in [1.82, 2.24) is 4.98 Å². The van der Waals surface area contributed by atoms with Crippen LogP contribution in [-0.2, 0) is 6.54 Å². The molecule has 0 radical (unpaired) electrons. The fourth-order valence-electron chi connectivity index (χ4n) is 1.59. The third-order valence-electron chi connectivity index (χ3n) is 2.46. The Kier molecular flexibility index (Phi) is 3.84. The van der Waals surface area contributed by atoms with Crippen LogP contribution in [0, 0.1) is 5.82 Å². The molecule has 0 amide bonds. The first-order valence-corrected chi connectivity index (χ1v) is 5.80. The van der Waals surface area contributed by atoms with Crippen molar-refractivity contribution < 1.29 is 4.39 Å². The lowest BCUT2D eigenvalue weighted by Crippen LogP contribution is -2.13. The molecule has 5 heteroatoms. The Morgan fingerprint density at radius 2 is 2.22 bits per heavy atom. The second-order valence-electron chi connectivity index (χ2n) is 3.77. The zero-order valence-corrected chi connectivity index (χ0v) is 10.4. The number of nitrogens with zero attached hydrogens (tertiary/aromatic N) is 1. The number of nitrogens with one attached hydrogen (secondary N) is 1. The number of hydrogen-bond donors (Lipinski definition) is 2. The summed E-state index contributed by atoms with van der Waals surface area (Å²) in [5.74, 6) is -0.255. The predicted octanol–water partition coefficient (Wildman–Crippen LogP) is 2.47. The van der Waals surface area contributed by atoms with Crippen LogP contribution in [0.15, 0.2) is 42.7 Å². The van der Waals surface area contributed by atoms with Crippen molar-refractivity contribution >= 4 is 22.9 Å². The van der Waals surface area contributed by atoms with Gasteiger partial charge in [0.25, 0.3) is 0 Å². The minimum atomic E-state index is -0.255. The molecule has 0 aliphatic carbocycles. The maximum Gasteiger partial charge on any atom is 0.123 e. The molecule has 0 spiro atoms. The monoisotopic (exact) mass is 261 g/mol. The minimum absolute atomic E-state index is 0.255. The second-order valence-corrected chi connectivity index (χ2v) is 4.21. The van der Waals surface area contributed by atoms with Gasteiger partial charge in [-0.15, -0.1) is 0 Å². The van der Waals surface area contributed by atoms with Gasteiger partial charge in [0.05, 0.1) is 11.9 Å². The molecule has 0 saturated carbocycles. The number of nitrogens with two attached hydrogens (primary N) is 1. The molecule has 0 fully saturated rings. The maximum atomic E-state index is 13.0. The van der Waals surface area contributed by atoms with Gasteiger partial charge in [-0.05, 0) is 23.8 Å². The standard InChI is InChI=1S/C13H12FN3S/c14-10-3-1-2-9(6-10)7-17-12-8-16-5-4-11(12)13(15)18/h1-6,8,17H,7H2,(H2,15,18). The second kappa shape index (κ2) is 5.55. The average Bonchev–Trinajstić information content (AvgIpc) is 2.37. The van der Waals surface area contributed by atoms with E-state index in [0.717, 1.165) is 16.8 Å². The van der Waals surface area contributed by atoms with Gasteiger partial charge in [-0.3, -0.25) is 4.98 Å². The van der Waals surface area contributed by atoms with Crippen LogP contribution in [0.2, 0.25) is 0 Å². The molecule has 0 atom stereocenters. The molecule has 2 rings (SSSR count). The largest absolute Gasteiger partial charge is 0.389 e. The van der Waals surface area contributed by atoms with Gasteiger partial charge in [0, 0.05) is 18.3 Å². The fraction of sp³-hybridized carbons (Fsp3) is 0.0769. The van der Waals surface area contributed by atoms with Gasteiger partial charge in [0.2, 0.25) is 0 Å². The van der Waals surface area contributed by atoms with Gasteiger partial charge in [-0.1, -0.05) is 24.4 Å². The number of benzene rings is 1. The van der Waals surface area contributed by atoms with Gasteiger partial charge in [-0.2, -0.15) is 0 Å². The normalized spacial score (nSPS) is 10.1. The molecule has 0 bridgehead atoms. The summed E-state index contributed by atoms with van der Waals surface area (Å²) in [5.41, 5.74) is 7.93. The van der Waals surface area contributed by atoms with Crippen LogP contribution in [0.1, 0.15) is 11.1 Å². The van der Waals surface area contributed by atoms with Crippen molar-refractivity contribution in [1.29, 1.82) is 0 Å². The van der Waals surface area contributed by atoms with Crippen molar-refractivity contribution in [2.45, 2.75) is 6.54 Å². The first-order valence-electron chi connectivity index (χ1n) is 5.39. The summed E-state index contributed by atoms with van der Waals surface area (Å²) in [6.45, 7) is 0.485. The Hall–Kier alpha value is -2.01. The number of halogens is 1. The zero-order valence-electron chi connectivity index (χ0n) is 9.56. The Balaban J connectivity index is 2.13. The zero-order chi connectivity index (χ0) is 13.0. The molecule has 1 heterocycles. The average molecular weight is 261 g/mol. The van der Waals surface area contributed by atoms with E-state index in [9.17, 15) is 4.39 Å². The van der Waals surface area contributed by atoms with Crippen molar-refractivity contribution in [3.63, 3.8) is 0 Å². The Labute approximate surface area is 110 Å². The summed E-state index contributed by atoms with van der Waals surface area (Å²) in [6.07, 6.45) is 3.27. The van der Waals surface area contributed by atoms with Crippen molar-refractivity contribution in [2.24, 2.45) is 5.73 Å². The summed E-state index contributed by atoms with van der Waals surface area (Å²) < 4.78 is 13.0. The smallest absolute Gasteiger partial charge is 0.123 e. The van der Waals surface area contributed by atoms with Crippen LogP contribution >= 0.6 is 12.2 Å². The summed E-state index contributed by atoms with van der Waals surface area (Å²) in [4.78, 5) is 4.31. The summed E-state index contributed by atoms with van der Waals surface area (Å²) in [7, 11) is 0. The van der Waals surface area contributed by atoms with Crippen molar-refractivity contribution in [3.8, 4) is 0 Å². The summed E-state index contributed by atoms with van der Waals surface area (Å²) in [5, 5.41) is 3.14. The molecule has 0 aliphatic heterocycles. The van der Waals surface area contributed by atoms with Crippen LogP contribution < -0.4 is 11.1 Å². The van der Waals surface area contributed by atoms with Crippen LogP contribution in [0.4, 0.5) is 10.1 Å². The highest BCUT2D eigenvalue weighted by atomic mass is 32.1. The maximum absolute atomic E-state index is 13.0. The first-order chi connectivity index (χ1) is 8.66. The van der Waals surface area contributed by atoms with Crippen molar-refractivity contribution in [2.75, 3.05) is 5.32 Å². The van der Waals surface area contributed by atoms with E-state index in [2.05, 4.69) is 10.3 Å². The number of anilines is 1. The highest BCUT2D eigenvalue weighted by Crippen LogP contribution is 2.14. The fourth-order valence-corrected chi connectivity index (χ4v) is 1.77. The van der Waals surface area contributed by atoms with E-state index < -0.39 is 0 Å². The SMILES string of the molecule is NC(=S)c1ccncc1NCc1cccc(F)c1. The van der Waals surface area contributed by atoms with E-state index in [1.165, 1.54) is 12.1 Å². The summed E-state index contributed by atoms with van der Waals surface area (Å²) >= 11 is 4.95. The number of hydrogen-bond acceptors (Lipinski definition) is 3. The molecule has 0 aliphatic rings. The van der Waals surface area contributed by atoms with Gasteiger partial charge in [0.1, 0.15) is 10.8 Å². The molecule has 92 valence electrons. The summed E-state index contributed by atoms with van der Waals surface area (Å²) in [6, 6.07) is 8.14. The highest BCUT2D eigenvalue weighted by molar-refractivity contribution is 7.80. The molecular weight excluding hydrogens is 249 g/mol. The van der Waals surface area contributed by atoms with Crippen LogP contribution in [0.25, 0.3) is 0 Å². The Morgan fingerprint density at radius 1 is 1.39 bits per heavy atom. The Morgan fingerprint density at radius 3 is 2.94 bits per heavy atom. The van der Waals surface area contributed by atoms with E-state index >= 15 is 0 Å². The number of thiocarbonyl (C=S) groups is 1. The van der Waals surface area contributed by atoms with Gasteiger partial charge in [0.15, 0.2) is 0 Å². The van der Waals surface area contributed by atoms with E-state index in [1.807, 2.05) is 6.07 Å². The van der Waals surface area contributed by atoms with E-state index in [1.54, 1.807) is 24.5 Å². The number of aromatic nitrogens is 1. The van der Waals surface area contributed by atoms with Crippen LogP contribution in [0.3, 0.4) is 0 Å². The van der Waals surface area contributed by atoms with Crippen LogP contribution in [-0.4, -0.2) is 9.97 Å². The third kappa shape index (κ3) is 3.01. The number of pyridine rings is 1. The third-order valence-corrected chi connectivity index (χ3v) is 2.68. The first kappa shape index (κ1) is 12.4. The molecule has 0 unspecified atom stereocenters. The lowest BCUT2D eigenvalue weighted by atomic mass is 10.2. The lowest BCUT2D eigenvalue weighted by molar-refractivity contribution is 0.626. The molecule has 2 aromatic rings. The highest BCUT2D eigenvalue weighted by Gasteiger charge is 2.04. The predicted molar refractivity (Wildman–Crippen MR) is 73.9 cm³/mol. The Bertz CT molecular complexity index is 572. The molecule has 18 heavy (non-hydrogen) atoms. The number of rotatable bonds is 4. The molecule has 3 nitrogen and oxygen atoms in total. The molecule has 3 N–H and O–H groups in total. The lowest BCUT2D eigenvalue weighted by Gasteiger charge is -2.10. The van der Waals surface area contributed by atoms with Gasteiger partial charge < -0.3 is 11.1 Å². The van der Waals surface area contributed by atoms with E-state index in [4.69, 9.17) is 18.0 Å². The molecule has 1 aromatic carbocycles. The molecule has 0 saturated heterocycles. The van der Waals surface area contributed by atoms with Crippen molar-refractivity contribution in [3.05, 3.63) is 59.7 Å². The van der Waals surface area contributed by atoms with Gasteiger partial charge in [-0.25, -0.2) is 4.39 Å². The van der Waals surface area contributed by atoms with E-state index in [-0.39, 0.29) is 5.82 Å². The molecule has 1 aromatic heterocycles. The minimum Gasteiger partial charge on any atom is -0.389 e. The van der Waals surface area contributed by atoms with Crippen LogP contribution in [0.5, 0.6) is 0 Å². The van der Waals surface area contributed by atoms with Gasteiger partial charge >= 0.3 is 0 Å². The topological polar surface area (TPSA) is 50.9 Å². The molecular formula is C13H12FN3S. The van der Waals surface area contributed by atoms with E-state index in [0.29, 0.717) is 11.5 Å². The quantitative estimate of drug-likeness (QED) is 0.830.